The summed E-state index contributed by atoms with van der Waals surface area (Å²) in [4.78, 5) is 20.2. The quantitative estimate of drug-likeness (QED) is 0.150. The Balaban J connectivity index is 0.00000400. The van der Waals surface area contributed by atoms with Crippen LogP contribution in [0.15, 0.2) is 188 Å². The first-order valence-electron chi connectivity index (χ1n) is 17.3. The number of rotatable bonds is 7. The second kappa shape index (κ2) is 15.1. The van der Waals surface area contributed by atoms with E-state index in [0.29, 0.717) is 17.5 Å². The molecular weight excluding hydrogens is 825 g/mol. The van der Waals surface area contributed by atoms with E-state index in [4.69, 9.17) is 19.9 Å². The number of fused-ring (bicyclic) bond motifs is 1. The Morgan fingerprint density at radius 1 is 0.358 bits per heavy atom. The Hall–Kier alpha value is -6.39. The maximum atomic E-state index is 5.17. The van der Waals surface area contributed by atoms with Crippen LogP contribution in [0, 0.1) is 6.07 Å². The molecule has 0 fully saturated rings. The molecule has 1 radical (unpaired) electrons. The predicted octanol–water partition coefficient (Wildman–Crippen LogP) is 11.9. The minimum absolute atomic E-state index is 0. The van der Waals surface area contributed by atoms with Gasteiger partial charge in [0.25, 0.3) is 0 Å². The smallest absolute Gasteiger partial charge is 0.164 e. The first-order valence-corrected chi connectivity index (χ1v) is 17.3. The van der Waals surface area contributed by atoms with E-state index in [2.05, 4.69) is 140 Å². The average Bonchev–Trinajstić information content (AvgIpc) is 3.24. The zero-order valence-electron chi connectivity index (χ0n) is 28.5. The molecule has 7 aromatic carbocycles. The van der Waals surface area contributed by atoms with Gasteiger partial charge in [-0.2, -0.15) is 0 Å². The fraction of sp³-hybridized carbons (Fsp3) is 0. The van der Waals surface area contributed by atoms with Crippen molar-refractivity contribution >= 4 is 10.8 Å². The van der Waals surface area contributed by atoms with Crippen molar-refractivity contribution in [2.75, 3.05) is 0 Å². The molecule has 9 rings (SSSR count). The summed E-state index contributed by atoms with van der Waals surface area (Å²) in [7, 11) is 0. The van der Waals surface area contributed by atoms with Crippen LogP contribution in [0.25, 0.3) is 89.6 Å². The minimum atomic E-state index is 0. The van der Waals surface area contributed by atoms with E-state index in [0.717, 1.165) is 72.1 Å². The number of hydrogen-bond acceptors (Lipinski definition) is 4. The Morgan fingerprint density at radius 3 is 1.45 bits per heavy atom. The van der Waals surface area contributed by atoms with Crippen molar-refractivity contribution in [3.63, 3.8) is 0 Å². The third-order valence-corrected chi connectivity index (χ3v) is 9.28. The molecule has 0 aliphatic heterocycles. The summed E-state index contributed by atoms with van der Waals surface area (Å²) in [5.41, 5.74) is 11.1. The summed E-state index contributed by atoms with van der Waals surface area (Å²) < 4.78 is 0. The van der Waals surface area contributed by atoms with Crippen molar-refractivity contribution in [2.45, 2.75) is 0 Å². The number of hydrogen-bond donors (Lipinski definition) is 0. The van der Waals surface area contributed by atoms with Gasteiger partial charge < -0.3 is 4.98 Å². The van der Waals surface area contributed by atoms with E-state index in [1.54, 1.807) is 0 Å². The largest absolute Gasteiger partial charge is 0.304 e. The van der Waals surface area contributed by atoms with Crippen LogP contribution in [0.2, 0.25) is 0 Å². The van der Waals surface area contributed by atoms with Crippen molar-refractivity contribution in [2.24, 2.45) is 0 Å². The summed E-state index contributed by atoms with van der Waals surface area (Å²) in [6.45, 7) is 0. The van der Waals surface area contributed by atoms with Crippen LogP contribution in [0.4, 0.5) is 0 Å². The van der Waals surface area contributed by atoms with Gasteiger partial charge in [0.1, 0.15) is 5.82 Å². The van der Waals surface area contributed by atoms with Gasteiger partial charge in [-0.05, 0) is 74.1 Å². The normalized spacial score (nSPS) is 10.9. The van der Waals surface area contributed by atoms with Crippen LogP contribution in [-0.4, -0.2) is 19.9 Å². The van der Waals surface area contributed by atoms with E-state index in [1.807, 2.05) is 54.7 Å². The van der Waals surface area contributed by atoms with Gasteiger partial charge in [0.2, 0.25) is 0 Å². The number of aromatic nitrogens is 4. The maximum Gasteiger partial charge on any atom is 0.164 e. The summed E-state index contributed by atoms with van der Waals surface area (Å²) in [5.74, 6) is 1.78. The molecule has 0 spiro atoms. The molecule has 5 heteroatoms. The molecule has 0 aliphatic rings. The van der Waals surface area contributed by atoms with Crippen LogP contribution in [0.5, 0.6) is 0 Å². The summed E-state index contributed by atoms with van der Waals surface area (Å²) in [6, 6.07) is 66.0. The summed E-state index contributed by atoms with van der Waals surface area (Å²) >= 11 is 0. The SMILES string of the molecule is [Ir].[c-]1ccc(-c2nc(-c3ccc(-c4ccccc4)cc3)nc(-c3cc(-c4ccccc4)cc(-c4ccccc4)c3)n2)cc1-c1nccc2ccccc12. The van der Waals surface area contributed by atoms with Gasteiger partial charge in [-0.1, -0.05) is 145 Å². The molecule has 0 N–H and O–H groups in total. The fourth-order valence-corrected chi connectivity index (χ4v) is 6.63. The number of benzene rings is 7. The van der Waals surface area contributed by atoms with Crippen molar-refractivity contribution in [3.05, 3.63) is 194 Å². The number of pyridine rings is 1. The first-order chi connectivity index (χ1) is 25.7. The van der Waals surface area contributed by atoms with Crippen molar-refractivity contribution < 1.29 is 20.1 Å². The van der Waals surface area contributed by atoms with Crippen molar-refractivity contribution in [3.8, 4) is 78.8 Å². The van der Waals surface area contributed by atoms with Gasteiger partial charge in [0, 0.05) is 37.4 Å². The van der Waals surface area contributed by atoms with E-state index in [9.17, 15) is 0 Å². The maximum absolute atomic E-state index is 5.17. The monoisotopic (exact) mass is 856 g/mol. The van der Waals surface area contributed by atoms with Crippen LogP contribution in [-0.2, 0) is 20.1 Å². The molecule has 0 bridgehead atoms. The molecule has 0 saturated carbocycles. The van der Waals surface area contributed by atoms with Gasteiger partial charge in [-0.25, -0.2) is 15.0 Å². The second-order valence-electron chi connectivity index (χ2n) is 12.7. The summed E-state index contributed by atoms with van der Waals surface area (Å²) in [6.07, 6.45) is 1.85. The van der Waals surface area contributed by atoms with Crippen LogP contribution < -0.4 is 0 Å². The molecule has 253 valence electrons. The zero-order chi connectivity index (χ0) is 34.7. The van der Waals surface area contributed by atoms with Gasteiger partial charge in [-0.3, -0.25) is 0 Å². The topological polar surface area (TPSA) is 51.6 Å². The first kappa shape index (κ1) is 33.7. The fourth-order valence-electron chi connectivity index (χ4n) is 6.63. The third-order valence-electron chi connectivity index (χ3n) is 9.28. The number of nitrogens with zero attached hydrogens (tertiary/aromatic N) is 4. The van der Waals surface area contributed by atoms with Crippen molar-refractivity contribution in [1.29, 1.82) is 0 Å². The van der Waals surface area contributed by atoms with Crippen LogP contribution in [0.1, 0.15) is 0 Å². The van der Waals surface area contributed by atoms with Crippen molar-refractivity contribution in [1.82, 2.24) is 19.9 Å². The Morgan fingerprint density at radius 2 is 0.830 bits per heavy atom. The molecule has 53 heavy (non-hydrogen) atoms. The Kier molecular flexibility index (Phi) is 9.59. The summed E-state index contributed by atoms with van der Waals surface area (Å²) in [5, 5.41) is 2.20. The molecule has 0 unspecified atom stereocenters. The van der Waals surface area contributed by atoms with E-state index >= 15 is 0 Å². The predicted molar refractivity (Wildman–Crippen MR) is 212 cm³/mol. The molecule has 0 atom stereocenters. The van der Waals surface area contributed by atoms with Crippen LogP contribution >= 0.6 is 0 Å². The van der Waals surface area contributed by atoms with Crippen LogP contribution in [0.3, 0.4) is 0 Å². The van der Waals surface area contributed by atoms with Gasteiger partial charge in [0.05, 0.1) is 0 Å². The molecule has 4 nitrogen and oxygen atoms in total. The molecule has 9 aromatic rings. The average molecular weight is 856 g/mol. The van der Waals surface area contributed by atoms with Gasteiger partial charge in [-0.15, -0.1) is 29.8 Å². The van der Waals surface area contributed by atoms with E-state index in [-0.39, 0.29) is 20.1 Å². The second-order valence-corrected chi connectivity index (χ2v) is 12.7. The Bertz CT molecular complexity index is 2600. The molecular formula is C48H31IrN4-. The molecule has 2 heterocycles. The Labute approximate surface area is 322 Å². The standard InChI is InChI=1S/C48H31N4.Ir/c1-4-13-33(14-5-1)36-23-25-38(26-24-36)46-50-47(40-21-12-20-39(29-40)45-44-22-11-10-19-37(44)27-28-49-45)52-48(51-46)43-31-41(34-15-6-2-7-16-34)30-42(32-43)35-17-8-3-9-18-35;/h1-19,21-32H;/q-1;. The molecule has 0 amide bonds. The van der Waals surface area contributed by atoms with Gasteiger partial charge in [0.15, 0.2) is 11.6 Å². The van der Waals surface area contributed by atoms with E-state index in [1.165, 1.54) is 0 Å². The third kappa shape index (κ3) is 7.09. The van der Waals surface area contributed by atoms with Gasteiger partial charge >= 0.3 is 0 Å². The zero-order valence-corrected chi connectivity index (χ0v) is 30.9. The minimum Gasteiger partial charge on any atom is -0.304 e. The van der Waals surface area contributed by atoms with E-state index < -0.39 is 0 Å². The molecule has 2 aromatic heterocycles. The molecule has 0 saturated heterocycles. The molecule has 0 aliphatic carbocycles.